The van der Waals surface area contributed by atoms with E-state index in [0.29, 0.717) is 12.0 Å². The number of piperidine rings is 1. The molecule has 0 saturated carbocycles. The van der Waals surface area contributed by atoms with Gasteiger partial charge in [0.1, 0.15) is 12.1 Å². The number of carbonyl (C=O) groups excluding carboxylic acids is 1. The van der Waals surface area contributed by atoms with Gasteiger partial charge in [-0.2, -0.15) is 0 Å². The summed E-state index contributed by atoms with van der Waals surface area (Å²) in [7, 11) is 0. The molecule has 0 bridgehead atoms. The fraction of sp³-hybridized carbons (Fsp3) is 0.889. The van der Waals surface area contributed by atoms with Crippen LogP contribution in [0.2, 0.25) is 0 Å². The van der Waals surface area contributed by atoms with E-state index in [9.17, 15) is 4.79 Å². The molecular formula is C18H37IN4O2. The lowest BCUT2D eigenvalue weighted by Gasteiger charge is -2.33. The van der Waals surface area contributed by atoms with Crippen LogP contribution in [0, 0.1) is 0 Å². The minimum Gasteiger partial charge on any atom is -0.459 e. The zero-order valence-electron chi connectivity index (χ0n) is 16.6. The Morgan fingerprint density at radius 1 is 1.28 bits per heavy atom. The fourth-order valence-electron chi connectivity index (χ4n) is 2.84. The molecule has 1 saturated heterocycles. The van der Waals surface area contributed by atoms with Gasteiger partial charge < -0.3 is 20.3 Å². The van der Waals surface area contributed by atoms with E-state index >= 15 is 0 Å². The Balaban J connectivity index is 0.00000576. The normalized spacial score (nSPS) is 19.1. The van der Waals surface area contributed by atoms with Crippen LogP contribution in [0.15, 0.2) is 4.99 Å². The molecule has 0 aliphatic carbocycles. The number of rotatable bonds is 7. The predicted octanol–water partition coefficient (Wildman–Crippen LogP) is 2.77. The lowest BCUT2D eigenvalue weighted by Crippen LogP contribution is -2.41. The second kappa shape index (κ2) is 12.7. The molecule has 2 N–H and O–H groups in total. The fourth-order valence-corrected chi connectivity index (χ4v) is 2.84. The van der Waals surface area contributed by atoms with Crippen LogP contribution in [0.25, 0.3) is 0 Å². The number of aliphatic imine (C=N–C) groups is 1. The first-order chi connectivity index (χ1) is 11.3. The third-order valence-electron chi connectivity index (χ3n) is 3.99. The van der Waals surface area contributed by atoms with Crippen LogP contribution in [-0.2, 0) is 9.53 Å². The van der Waals surface area contributed by atoms with Crippen molar-refractivity contribution in [3.05, 3.63) is 0 Å². The zero-order valence-corrected chi connectivity index (χ0v) is 18.9. The van der Waals surface area contributed by atoms with Crippen molar-refractivity contribution in [3.8, 4) is 0 Å². The van der Waals surface area contributed by atoms with Crippen molar-refractivity contribution in [2.75, 3.05) is 32.7 Å². The average Bonchev–Trinajstić information content (AvgIpc) is 2.49. The summed E-state index contributed by atoms with van der Waals surface area (Å²) >= 11 is 0. The van der Waals surface area contributed by atoms with Gasteiger partial charge >= 0.3 is 5.97 Å². The van der Waals surface area contributed by atoms with Crippen LogP contribution in [0.4, 0.5) is 0 Å². The maximum Gasteiger partial charge on any atom is 0.328 e. The van der Waals surface area contributed by atoms with E-state index in [1.807, 2.05) is 27.7 Å². The minimum absolute atomic E-state index is 0. The minimum atomic E-state index is -0.469. The highest BCUT2D eigenvalue weighted by Crippen LogP contribution is 2.16. The van der Waals surface area contributed by atoms with E-state index in [0.717, 1.165) is 26.1 Å². The number of hydrogen-bond donors (Lipinski definition) is 2. The second-order valence-corrected chi connectivity index (χ2v) is 7.44. The Labute approximate surface area is 170 Å². The summed E-state index contributed by atoms with van der Waals surface area (Å²) in [4.78, 5) is 18.6. The number of guanidine groups is 1. The summed E-state index contributed by atoms with van der Waals surface area (Å²) in [5.74, 6) is 0.372. The van der Waals surface area contributed by atoms with Crippen molar-refractivity contribution in [1.82, 2.24) is 15.5 Å². The molecule has 0 aromatic heterocycles. The molecule has 0 aromatic rings. The molecule has 0 aromatic carbocycles. The van der Waals surface area contributed by atoms with Gasteiger partial charge in [-0.1, -0.05) is 6.42 Å². The molecule has 1 unspecified atom stereocenters. The predicted molar refractivity (Wildman–Crippen MR) is 115 cm³/mol. The first kappa shape index (κ1) is 24.4. The summed E-state index contributed by atoms with van der Waals surface area (Å²) < 4.78 is 5.27. The highest BCUT2D eigenvalue weighted by atomic mass is 127. The summed E-state index contributed by atoms with van der Waals surface area (Å²) in [5.41, 5.74) is -0.469. The van der Waals surface area contributed by atoms with E-state index in [2.05, 4.69) is 27.4 Å². The molecule has 1 fully saturated rings. The van der Waals surface area contributed by atoms with Gasteiger partial charge in [0.25, 0.3) is 0 Å². The summed E-state index contributed by atoms with van der Waals surface area (Å²) in [6, 6.07) is 0.702. The molecular weight excluding hydrogens is 431 g/mol. The van der Waals surface area contributed by atoms with Gasteiger partial charge in [0.2, 0.25) is 0 Å². The Bertz CT molecular complexity index is 410. The number of likely N-dealkylation sites (tertiary alicyclic amines) is 1. The molecule has 148 valence electrons. The Morgan fingerprint density at radius 3 is 2.60 bits per heavy atom. The molecule has 1 atom stereocenters. The summed E-state index contributed by atoms with van der Waals surface area (Å²) in [6.45, 7) is 13.9. The van der Waals surface area contributed by atoms with Gasteiger partial charge in [-0.15, -0.1) is 24.0 Å². The topological polar surface area (TPSA) is 66.0 Å². The summed E-state index contributed by atoms with van der Waals surface area (Å²) in [5, 5.41) is 6.46. The third-order valence-corrected chi connectivity index (χ3v) is 3.99. The van der Waals surface area contributed by atoms with Crippen molar-refractivity contribution >= 4 is 35.9 Å². The van der Waals surface area contributed by atoms with Crippen molar-refractivity contribution in [1.29, 1.82) is 0 Å². The van der Waals surface area contributed by atoms with Gasteiger partial charge in [-0.05, 0) is 60.4 Å². The molecule has 0 spiro atoms. The number of nitrogens with one attached hydrogen (secondary N) is 2. The number of esters is 1. The van der Waals surface area contributed by atoms with Gasteiger partial charge in [-0.3, -0.25) is 4.79 Å². The van der Waals surface area contributed by atoms with Crippen molar-refractivity contribution in [2.24, 2.45) is 4.99 Å². The Kier molecular flexibility index (Phi) is 12.4. The van der Waals surface area contributed by atoms with Crippen molar-refractivity contribution in [3.63, 3.8) is 0 Å². The monoisotopic (exact) mass is 468 g/mol. The SMILES string of the molecule is CCNC(=NCC(=O)OC(C)(C)C)NCCCN1CCCCC1C.I. The Morgan fingerprint density at radius 2 is 2.00 bits per heavy atom. The Hall–Kier alpha value is -0.570. The van der Waals surface area contributed by atoms with Crippen LogP contribution >= 0.6 is 24.0 Å². The number of carbonyl (C=O) groups is 1. The van der Waals surface area contributed by atoms with E-state index in [-0.39, 0.29) is 36.5 Å². The van der Waals surface area contributed by atoms with Gasteiger partial charge in [0.05, 0.1) is 0 Å². The van der Waals surface area contributed by atoms with Crippen LogP contribution in [0.5, 0.6) is 0 Å². The number of halogens is 1. The molecule has 0 radical (unpaired) electrons. The van der Waals surface area contributed by atoms with Gasteiger partial charge in [-0.25, -0.2) is 4.99 Å². The molecule has 25 heavy (non-hydrogen) atoms. The van der Waals surface area contributed by atoms with Crippen molar-refractivity contribution < 1.29 is 9.53 Å². The van der Waals surface area contributed by atoms with Crippen LogP contribution in [-0.4, -0.2) is 61.2 Å². The lowest BCUT2D eigenvalue weighted by atomic mass is 10.0. The third kappa shape index (κ3) is 11.6. The highest BCUT2D eigenvalue weighted by molar-refractivity contribution is 14.0. The first-order valence-corrected chi connectivity index (χ1v) is 9.30. The zero-order chi connectivity index (χ0) is 18.0. The lowest BCUT2D eigenvalue weighted by molar-refractivity contribution is -0.152. The standard InChI is InChI=1S/C18H36N4O2.HI/c1-6-19-17(21-14-16(23)24-18(3,4)5)20-11-9-13-22-12-8-7-10-15(22)2;/h15H,6-14H2,1-5H3,(H2,19,20,21);1H. The molecule has 1 heterocycles. The molecule has 1 rings (SSSR count). The van der Waals surface area contributed by atoms with E-state index in [1.165, 1.54) is 25.8 Å². The highest BCUT2D eigenvalue weighted by Gasteiger charge is 2.17. The molecule has 6 nitrogen and oxygen atoms in total. The van der Waals surface area contributed by atoms with Crippen molar-refractivity contribution in [2.45, 2.75) is 71.9 Å². The van der Waals surface area contributed by atoms with E-state index < -0.39 is 5.60 Å². The maximum absolute atomic E-state index is 11.7. The number of ether oxygens (including phenoxy) is 1. The van der Waals surface area contributed by atoms with E-state index in [1.54, 1.807) is 0 Å². The molecule has 1 aliphatic rings. The summed E-state index contributed by atoms with van der Waals surface area (Å²) in [6.07, 6.45) is 5.06. The van der Waals surface area contributed by atoms with Crippen LogP contribution in [0.3, 0.4) is 0 Å². The molecule has 0 amide bonds. The first-order valence-electron chi connectivity index (χ1n) is 9.30. The van der Waals surface area contributed by atoms with Crippen LogP contribution < -0.4 is 10.6 Å². The largest absolute Gasteiger partial charge is 0.459 e. The second-order valence-electron chi connectivity index (χ2n) is 7.44. The van der Waals surface area contributed by atoms with E-state index in [4.69, 9.17) is 4.74 Å². The maximum atomic E-state index is 11.7. The number of nitrogens with zero attached hydrogens (tertiary/aromatic N) is 2. The average molecular weight is 468 g/mol. The molecule has 1 aliphatic heterocycles. The van der Waals surface area contributed by atoms with Gasteiger partial charge in [0, 0.05) is 25.7 Å². The number of hydrogen-bond acceptors (Lipinski definition) is 4. The molecule has 7 heteroatoms. The smallest absolute Gasteiger partial charge is 0.328 e. The van der Waals surface area contributed by atoms with Gasteiger partial charge in [0.15, 0.2) is 5.96 Å². The quantitative estimate of drug-likeness (QED) is 0.198. The van der Waals surface area contributed by atoms with Crippen LogP contribution in [0.1, 0.15) is 60.3 Å².